The molecule has 3 rings (SSSR count). The molecule has 126 valence electrons. The number of rotatable bonds is 4. The average Bonchev–Trinajstić information content (AvgIpc) is 2.58. The topological polar surface area (TPSA) is 46.2 Å². The van der Waals surface area contributed by atoms with Crippen LogP contribution in [-0.2, 0) is 28.4 Å². The predicted octanol–water partition coefficient (Wildman–Crippen LogP) is 3.41. The van der Waals surface area contributed by atoms with Crippen LogP contribution in [0.15, 0.2) is 53.4 Å². The first kappa shape index (κ1) is 16.9. The van der Waals surface area contributed by atoms with E-state index in [0.717, 1.165) is 23.3 Å². The number of hydrogen-bond acceptors (Lipinski definition) is 2. The third kappa shape index (κ3) is 3.75. The lowest BCUT2D eigenvalue weighted by Crippen LogP contribution is -2.36. The van der Waals surface area contributed by atoms with Gasteiger partial charge in [0, 0.05) is 22.0 Å². The Labute approximate surface area is 145 Å². The zero-order valence-corrected chi connectivity index (χ0v) is 14.9. The van der Waals surface area contributed by atoms with Crippen molar-refractivity contribution in [2.24, 2.45) is 5.92 Å². The highest BCUT2D eigenvalue weighted by Gasteiger charge is 2.27. The van der Waals surface area contributed by atoms with E-state index in [2.05, 4.69) is 30.4 Å². The van der Waals surface area contributed by atoms with Gasteiger partial charge in [-0.05, 0) is 47.6 Å². The molecular formula is C20H23NO2S. The average molecular weight is 341 g/mol. The molecule has 0 spiro atoms. The Balaban J connectivity index is 1.69. The van der Waals surface area contributed by atoms with Crippen LogP contribution in [0.4, 0.5) is 0 Å². The van der Waals surface area contributed by atoms with E-state index in [-0.39, 0.29) is 11.9 Å². The SMILES string of the molecule is C[C@@H]1CCc2ccccc2[C@H]1NC(=O)Cc1ccc([S@](C)=O)cc1. The lowest BCUT2D eigenvalue weighted by Gasteiger charge is -2.32. The maximum absolute atomic E-state index is 12.5. The van der Waals surface area contributed by atoms with Crippen LogP contribution >= 0.6 is 0 Å². The fraction of sp³-hybridized carbons (Fsp3) is 0.350. The molecule has 0 heterocycles. The van der Waals surface area contributed by atoms with Crippen LogP contribution in [0.1, 0.15) is 36.1 Å². The van der Waals surface area contributed by atoms with Gasteiger partial charge in [0.2, 0.25) is 5.91 Å². The molecular weight excluding hydrogens is 318 g/mol. The lowest BCUT2D eigenvalue weighted by atomic mass is 9.80. The maximum atomic E-state index is 12.5. The number of nitrogens with one attached hydrogen (secondary N) is 1. The fourth-order valence-corrected chi connectivity index (χ4v) is 3.87. The van der Waals surface area contributed by atoms with Crippen molar-refractivity contribution in [3.05, 3.63) is 65.2 Å². The molecule has 1 aliphatic rings. The van der Waals surface area contributed by atoms with Gasteiger partial charge in [-0.2, -0.15) is 0 Å². The highest BCUT2D eigenvalue weighted by Crippen LogP contribution is 2.34. The minimum Gasteiger partial charge on any atom is -0.349 e. The first-order valence-corrected chi connectivity index (χ1v) is 9.90. The first-order chi connectivity index (χ1) is 11.5. The number of hydrogen-bond donors (Lipinski definition) is 1. The molecule has 0 saturated heterocycles. The second kappa shape index (κ2) is 7.31. The van der Waals surface area contributed by atoms with Crippen molar-refractivity contribution in [3.8, 4) is 0 Å². The zero-order valence-electron chi connectivity index (χ0n) is 14.1. The van der Waals surface area contributed by atoms with Gasteiger partial charge in [0.1, 0.15) is 0 Å². The highest BCUT2D eigenvalue weighted by atomic mass is 32.2. The van der Waals surface area contributed by atoms with Crippen molar-refractivity contribution >= 4 is 16.7 Å². The zero-order chi connectivity index (χ0) is 17.1. The molecule has 24 heavy (non-hydrogen) atoms. The van der Waals surface area contributed by atoms with Gasteiger partial charge >= 0.3 is 0 Å². The van der Waals surface area contributed by atoms with Crippen molar-refractivity contribution in [2.75, 3.05) is 6.26 Å². The summed E-state index contributed by atoms with van der Waals surface area (Å²) in [7, 11) is -0.986. The summed E-state index contributed by atoms with van der Waals surface area (Å²) in [6.07, 6.45) is 4.18. The number of carbonyl (C=O) groups excluding carboxylic acids is 1. The van der Waals surface area contributed by atoms with Crippen molar-refractivity contribution in [3.63, 3.8) is 0 Å². The van der Waals surface area contributed by atoms with Gasteiger partial charge in [0.15, 0.2) is 0 Å². The summed E-state index contributed by atoms with van der Waals surface area (Å²) >= 11 is 0. The Bertz CT molecular complexity index is 754. The minimum atomic E-state index is -0.986. The third-order valence-electron chi connectivity index (χ3n) is 4.76. The Morgan fingerprint density at radius 3 is 2.58 bits per heavy atom. The molecule has 3 atom stereocenters. The molecule has 3 nitrogen and oxygen atoms in total. The summed E-state index contributed by atoms with van der Waals surface area (Å²) in [6, 6.07) is 15.9. The molecule has 0 saturated carbocycles. The summed E-state index contributed by atoms with van der Waals surface area (Å²) in [6.45, 7) is 2.20. The van der Waals surface area contributed by atoms with Crippen molar-refractivity contribution < 1.29 is 9.00 Å². The largest absolute Gasteiger partial charge is 0.349 e. The molecule has 1 aliphatic carbocycles. The number of carbonyl (C=O) groups is 1. The van der Waals surface area contributed by atoms with Crippen LogP contribution in [-0.4, -0.2) is 16.4 Å². The minimum absolute atomic E-state index is 0.0360. The summed E-state index contributed by atoms with van der Waals surface area (Å²) in [4.78, 5) is 13.3. The van der Waals surface area contributed by atoms with Crippen molar-refractivity contribution in [1.82, 2.24) is 5.32 Å². The van der Waals surface area contributed by atoms with Gasteiger partial charge < -0.3 is 5.32 Å². The van der Waals surface area contributed by atoms with Gasteiger partial charge in [-0.15, -0.1) is 0 Å². The second-order valence-corrected chi connectivity index (χ2v) is 7.91. The van der Waals surface area contributed by atoms with E-state index in [4.69, 9.17) is 0 Å². The fourth-order valence-electron chi connectivity index (χ4n) is 3.35. The van der Waals surface area contributed by atoms with E-state index in [1.165, 1.54) is 11.1 Å². The van der Waals surface area contributed by atoms with Crippen LogP contribution < -0.4 is 5.32 Å². The Hall–Kier alpha value is -1.94. The smallest absolute Gasteiger partial charge is 0.224 e. The molecule has 0 unspecified atom stereocenters. The monoisotopic (exact) mass is 341 g/mol. The molecule has 0 aromatic heterocycles. The predicted molar refractivity (Wildman–Crippen MR) is 97.3 cm³/mol. The number of benzene rings is 2. The second-order valence-electron chi connectivity index (χ2n) is 6.53. The molecule has 1 N–H and O–H groups in total. The van der Waals surface area contributed by atoms with Crippen molar-refractivity contribution in [1.29, 1.82) is 0 Å². The highest BCUT2D eigenvalue weighted by molar-refractivity contribution is 7.84. The molecule has 2 aromatic carbocycles. The molecule has 4 heteroatoms. The van der Waals surface area contributed by atoms with Gasteiger partial charge in [-0.1, -0.05) is 43.3 Å². The Kier molecular flexibility index (Phi) is 5.14. The molecule has 1 amide bonds. The maximum Gasteiger partial charge on any atom is 0.224 e. The van der Waals surface area contributed by atoms with E-state index >= 15 is 0 Å². The summed E-state index contributed by atoms with van der Waals surface area (Å²) in [5.41, 5.74) is 3.54. The summed E-state index contributed by atoms with van der Waals surface area (Å²) in [5.74, 6) is 0.475. The van der Waals surface area contributed by atoms with Gasteiger partial charge in [0.05, 0.1) is 12.5 Å². The Morgan fingerprint density at radius 2 is 1.88 bits per heavy atom. The van der Waals surface area contributed by atoms with Crippen LogP contribution in [0.25, 0.3) is 0 Å². The summed E-state index contributed by atoms with van der Waals surface area (Å²) < 4.78 is 11.4. The van der Waals surface area contributed by atoms with E-state index in [1.54, 1.807) is 6.26 Å². The molecule has 0 bridgehead atoms. The van der Waals surface area contributed by atoms with Crippen LogP contribution in [0, 0.1) is 5.92 Å². The van der Waals surface area contributed by atoms with Crippen LogP contribution in [0.2, 0.25) is 0 Å². The Morgan fingerprint density at radius 1 is 1.17 bits per heavy atom. The van der Waals surface area contributed by atoms with Crippen LogP contribution in [0.3, 0.4) is 0 Å². The van der Waals surface area contributed by atoms with E-state index in [1.807, 2.05) is 30.3 Å². The number of aryl methyl sites for hydroxylation is 1. The quantitative estimate of drug-likeness (QED) is 0.926. The van der Waals surface area contributed by atoms with E-state index in [0.29, 0.717) is 12.3 Å². The van der Waals surface area contributed by atoms with Crippen molar-refractivity contribution in [2.45, 2.75) is 37.1 Å². The van der Waals surface area contributed by atoms with Crippen LogP contribution in [0.5, 0.6) is 0 Å². The molecule has 2 aromatic rings. The lowest BCUT2D eigenvalue weighted by molar-refractivity contribution is -0.121. The summed E-state index contributed by atoms with van der Waals surface area (Å²) in [5, 5.41) is 3.21. The van der Waals surface area contributed by atoms with Gasteiger partial charge in [-0.3, -0.25) is 9.00 Å². The molecule has 0 radical (unpaired) electrons. The van der Waals surface area contributed by atoms with E-state index in [9.17, 15) is 9.00 Å². The number of amides is 1. The normalized spacial score (nSPS) is 20.9. The third-order valence-corrected chi connectivity index (χ3v) is 5.70. The van der Waals surface area contributed by atoms with Gasteiger partial charge in [0.25, 0.3) is 0 Å². The molecule has 0 fully saturated rings. The van der Waals surface area contributed by atoms with Gasteiger partial charge in [-0.25, -0.2) is 0 Å². The first-order valence-electron chi connectivity index (χ1n) is 8.34. The van der Waals surface area contributed by atoms with E-state index < -0.39 is 10.8 Å². The molecule has 0 aliphatic heterocycles. The number of fused-ring (bicyclic) bond motifs is 1. The standard InChI is InChI=1S/C20H23NO2S/c1-14-7-10-16-5-3-4-6-18(16)20(14)21-19(22)13-15-8-11-17(12-9-15)24(2)23/h3-6,8-9,11-12,14,20H,7,10,13H2,1-2H3,(H,21,22)/t14-,20+,24+/m1/s1.